The zero-order valence-electron chi connectivity index (χ0n) is 18.2. The summed E-state index contributed by atoms with van der Waals surface area (Å²) in [7, 11) is 0. The van der Waals surface area contributed by atoms with Crippen molar-refractivity contribution in [2.75, 3.05) is 5.32 Å². The van der Waals surface area contributed by atoms with Crippen molar-refractivity contribution in [3.05, 3.63) is 87.5 Å². The van der Waals surface area contributed by atoms with E-state index in [0.29, 0.717) is 27.4 Å². The Morgan fingerprint density at radius 3 is 2.77 bits per heavy atom. The van der Waals surface area contributed by atoms with Crippen LogP contribution in [-0.2, 0) is 11.3 Å². The molecule has 176 valence electrons. The molecule has 0 atom stereocenters. The number of carbonyl (C=O) groups is 3. The van der Waals surface area contributed by atoms with Crippen molar-refractivity contribution >= 4 is 64.3 Å². The van der Waals surface area contributed by atoms with E-state index in [1.807, 2.05) is 0 Å². The lowest BCUT2D eigenvalue weighted by atomic mass is 10.0. The monoisotopic (exact) mass is 506 g/mol. The van der Waals surface area contributed by atoms with Gasteiger partial charge in [0.15, 0.2) is 0 Å². The molecule has 0 saturated carbocycles. The van der Waals surface area contributed by atoms with Crippen molar-refractivity contribution < 1.29 is 14.4 Å². The summed E-state index contributed by atoms with van der Waals surface area (Å²) < 4.78 is 0. The number of amides is 3. The van der Waals surface area contributed by atoms with Crippen molar-refractivity contribution in [1.29, 1.82) is 5.41 Å². The number of carbonyl (C=O) groups excluding carboxylic acids is 3. The summed E-state index contributed by atoms with van der Waals surface area (Å²) in [6, 6.07) is 11.8. The van der Waals surface area contributed by atoms with E-state index in [1.54, 1.807) is 48.5 Å². The van der Waals surface area contributed by atoms with Crippen molar-refractivity contribution in [2.24, 2.45) is 10.8 Å². The molecule has 0 aromatic heterocycles. The Morgan fingerprint density at radius 2 is 2.00 bits per heavy atom. The fourth-order valence-corrected chi connectivity index (χ4v) is 4.09. The summed E-state index contributed by atoms with van der Waals surface area (Å²) >= 11 is 11.3. The first-order chi connectivity index (χ1) is 16.7. The summed E-state index contributed by atoms with van der Waals surface area (Å²) in [5.74, 6) is -1.78. The first kappa shape index (κ1) is 24.0. The third-order valence-corrected chi connectivity index (χ3v) is 5.90. The Kier molecular flexibility index (Phi) is 6.85. The highest BCUT2D eigenvalue weighted by atomic mass is 35.5. The molecule has 9 nitrogen and oxygen atoms in total. The average Bonchev–Trinajstić information content (AvgIpc) is 3.06. The lowest BCUT2D eigenvalue weighted by Crippen LogP contribution is -2.29. The number of nitrogens with one attached hydrogen (secondary N) is 3. The number of hydrogen-bond donors (Lipinski definition) is 4. The van der Waals surface area contributed by atoms with Crippen LogP contribution in [0.15, 0.2) is 70.3 Å². The van der Waals surface area contributed by atoms with Gasteiger partial charge in [-0.15, -0.1) is 0 Å². The number of thiocarbonyl (C=S) groups is 1. The molecule has 1 heterocycles. The molecule has 35 heavy (non-hydrogen) atoms. The minimum absolute atomic E-state index is 0.0250. The molecule has 0 radical (unpaired) electrons. The van der Waals surface area contributed by atoms with Gasteiger partial charge in [-0.05, 0) is 35.4 Å². The number of fused-ring (bicyclic) bond motifs is 1. The van der Waals surface area contributed by atoms with E-state index in [0.717, 1.165) is 4.90 Å². The van der Waals surface area contributed by atoms with Crippen molar-refractivity contribution in [3.63, 3.8) is 0 Å². The zero-order chi connectivity index (χ0) is 25.1. The highest BCUT2D eigenvalue weighted by Crippen LogP contribution is 2.31. The molecule has 0 bridgehead atoms. The number of nitrogens with two attached hydrogens (primary N) is 1. The van der Waals surface area contributed by atoms with E-state index in [4.69, 9.17) is 35.0 Å². The van der Waals surface area contributed by atoms with E-state index in [9.17, 15) is 14.4 Å². The van der Waals surface area contributed by atoms with Crippen LogP contribution in [0.3, 0.4) is 0 Å². The Labute approximate surface area is 210 Å². The van der Waals surface area contributed by atoms with Gasteiger partial charge in [-0.3, -0.25) is 24.7 Å². The lowest BCUT2D eigenvalue weighted by molar-refractivity contribution is -0.112. The predicted molar refractivity (Wildman–Crippen MR) is 138 cm³/mol. The van der Waals surface area contributed by atoms with Crippen LogP contribution in [0.5, 0.6) is 0 Å². The highest BCUT2D eigenvalue weighted by molar-refractivity contribution is 7.81. The first-order valence-electron chi connectivity index (χ1n) is 10.4. The van der Waals surface area contributed by atoms with Gasteiger partial charge in [0.2, 0.25) is 5.96 Å². The maximum absolute atomic E-state index is 13.2. The van der Waals surface area contributed by atoms with Crippen molar-refractivity contribution in [2.45, 2.75) is 13.0 Å². The number of nitrogens with zero attached hydrogens (tertiary/aromatic N) is 2. The topological polar surface area (TPSA) is 141 Å². The molecule has 1 aliphatic carbocycles. The molecule has 5 N–H and O–H groups in total. The van der Waals surface area contributed by atoms with Gasteiger partial charge in [0.25, 0.3) is 17.7 Å². The number of guanidine groups is 1. The molecule has 2 aliphatic rings. The third-order valence-electron chi connectivity index (χ3n) is 5.25. The third kappa shape index (κ3) is 5.18. The number of benzene rings is 2. The standard InChI is InChI=1S/C24H19ClN6O3S/c25-15-7-8-19(35)17(10-15)21(32)29-18-6-2-5-16-20(18)23(34)31(22(16)33)12-14-4-1-3-13(9-14)11-28-30-24(26)27/h1-7,9-11H,8,12H2,(H,29,32)(H4,26,27,30)/b28-11+. The number of imide groups is 1. The van der Waals surface area contributed by atoms with Gasteiger partial charge in [0.1, 0.15) is 0 Å². The summed E-state index contributed by atoms with van der Waals surface area (Å²) in [6.07, 6.45) is 5.03. The molecule has 3 amide bonds. The van der Waals surface area contributed by atoms with Gasteiger partial charge >= 0.3 is 0 Å². The number of rotatable bonds is 6. The normalized spacial score (nSPS) is 15.1. The minimum atomic E-state index is -0.517. The SMILES string of the molecule is N=C(N)N/N=C/c1cccc(CN2C(=O)c3cccc(NC(=O)C4=CC(Cl)=CCC4=S)c3C2=O)c1. The molecule has 0 saturated heterocycles. The lowest BCUT2D eigenvalue weighted by Gasteiger charge is -2.15. The van der Waals surface area contributed by atoms with Gasteiger partial charge in [0.05, 0.1) is 35.1 Å². The van der Waals surface area contributed by atoms with Gasteiger partial charge in [-0.2, -0.15) is 5.10 Å². The Morgan fingerprint density at radius 1 is 1.23 bits per heavy atom. The van der Waals surface area contributed by atoms with Crippen molar-refractivity contribution in [3.8, 4) is 0 Å². The van der Waals surface area contributed by atoms with Crippen LogP contribution in [0.2, 0.25) is 0 Å². The van der Waals surface area contributed by atoms with Crippen molar-refractivity contribution in [1.82, 2.24) is 10.3 Å². The minimum Gasteiger partial charge on any atom is -0.369 e. The molecular weight excluding hydrogens is 488 g/mol. The van der Waals surface area contributed by atoms with Gasteiger partial charge in [-0.25, -0.2) is 5.43 Å². The van der Waals surface area contributed by atoms with Crippen LogP contribution >= 0.6 is 23.8 Å². The van der Waals surface area contributed by atoms with Gasteiger partial charge in [-0.1, -0.05) is 54.2 Å². The fourth-order valence-electron chi connectivity index (χ4n) is 3.67. The molecule has 0 spiro atoms. The van der Waals surface area contributed by atoms with Gasteiger partial charge in [0, 0.05) is 16.3 Å². The molecule has 11 heteroatoms. The quantitative estimate of drug-likeness (QED) is 0.156. The smallest absolute Gasteiger partial charge is 0.263 e. The second-order valence-electron chi connectivity index (χ2n) is 7.68. The second-order valence-corrected chi connectivity index (χ2v) is 8.61. The summed E-state index contributed by atoms with van der Waals surface area (Å²) in [6.45, 7) is 0.0250. The predicted octanol–water partition coefficient (Wildman–Crippen LogP) is 3.06. The second kappa shape index (κ2) is 10.00. The fraction of sp³-hybridized carbons (Fsp3) is 0.0833. The van der Waals surface area contributed by atoms with E-state index >= 15 is 0 Å². The van der Waals surface area contributed by atoms with Crippen LogP contribution in [0.25, 0.3) is 0 Å². The van der Waals surface area contributed by atoms with E-state index < -0.39 is 17.7 Å². The average molecular weight is 507 g/mol. The molecule has 0 fully saturated rings. The maximum atomic E-state index is 13.2. The Balaban J connectivity index is 1.55. The van der Waals surface area contributed by atoms with E-state index in [-0.39, 0.29) is 34.9 Å². The van der Waals surface area contributed by atoms with Crippen LogP contribution < -0.4 is 16.5 Å². The zero-order valence-corrected chi connectivity index (χ0v) is 19.7. The van der Waals surface area contributed by atoms with Crippen LogP contribution in [-0.4, -0.2) is 39.7 Å². The molecular formula is C24H19ClN6O3S. The number of hydrogen-bond acceptors (Lipinski definition) is 6. The number of hydrazone groups is 1. The van der Waals surface area contributed by atoms with Gasteiger partial charge < -0.3 is 11.1 Å². The Hall–Kier alpha value is -4.15. The molecule has 1 aliphatic heterocycles. The highest BCUT2D eigenvalue weighted by Gasteiger charge is 2.38. The Bertz CT molecular complexity index is 1380. The van der Waals surface area contributed by atoms with E-state index in [2.05, 4.69) is 15.8 Å². The number of anilines is 1. The summed E-state index contributed by atoms with van der Waals surface area (Å²) in [5.41, 5.74) is 9.69. The number of halogens is 1. The first-order valence-corrected chi connectivity index (χ1v) is 11.2. The van der Waals surface area contributed by atoms with Crippen LogP contribution in [0, 0.1) is 5.41 Å². The molecule has 0 unspecified atom stereocenters. The largest absolute Gasteiger partial charge is 0.369 e. The van der Waals surface area contributed by atoms with E-state index in [1.165, 1.54) is 12.3 Å². The molecule has 2 aromatic carbocycles. The van der Waals surface area contributed by atoms with Crippen LogP contribution in [0.4, 0.5) is 5.69 Å². The van der Waals surface area contributed by atoms with Crippen LogP contribution in [0.1, 0.15) is 38.3 Å². The summed E-state index contributed by atoms with van der Waals surface area (Å²) in [5, 5.41) is 14.1. The molecule has 4 rings (SSSR count). The number of allylic oxidation sites excluding steroid dienone is 3. The summed E-state index contributed by atoms with van der Waals surface area (Å²) in [4.78, 5) is 40.7. The maximum Gasteiger partial charge on any atom is 0.263 e. The molecule has 2 aromatic rings.